The van der Waals surface area contributed by atoms with Crippen LogP contribution in [0.1, 0.15) is 42.9 Å². The van der Waals surface area contributed by atoms with Gasteiger partial charge in [-0.05, 0) is 48.7 Å². The molecule has 2 aromatic carbocycles. The van der Waals surface area contributed by atoms with Gasteiger partial charge in [0.25, 0.3) is 11.7 Å². The number of Topliss-reactive ketones (excluding diaryl/α,β-unsaturated/α-hetero) is 1. The Labute approximate surface area is 172 Å². The Kier molecular flexibility index (Phi) is 4.46. The molecule has 7 heteroatoms. The summed E-state index contributed by atoms with van der Waals surface area (Å²) < 4.78 is 24.2. The number of likely N-dealkylation sites (tertiary alicyclic amines) is 1. The molecule has 1 unspecified atom stereocenters. The molecule has 0 spiro atoms. The lowest BCUT2D eigenvalue weighted by atomic mass is 9.94. The van der Waals surface area contributed by atoms with Crippen molar-refractivity contribution in [2.45, 2.75) is 37.8 Å². The number of fused-ring (bicyclic) bond motifs is 1. The lowest BCUT2D eigenvalue weighted by molar-refractivity contribution is -0.141. The highest BCUT2D eigenvalue weighted by atomic mass is 19.1. The van der Waals surface area contributed by atoms with E-state index in [1.54, 1.807) is 35.2 Å². The van der Waals surface area contributed by atoms with E-state index in [-0.39, 0.29) is 24.2 Å². The Bertz CT molecular complexity index is 1060. The zero-order valence-corrected chi connectivity index (χ0v) is 16.1. The van der Waals surface area contributed by atoms with Crippen LogP contribution in [0.3, 0.4) is 0 Å². The molecule has 1 N–H and O–H groups in total. The van der Waals surface area contributed by atoms with Gasteiger partial charge in [-0.3, -0.25) is 9.59 Å². The number of nitrogens with zero attached hydrogens (tertiary/aromatic N) is 1. The van der Waals surface area contributed by atoms with E-state index >= 15 is 0 Å². The standard InChI is InChI=1S/C23H20FNO5/c24-15-8-5-13(6-9-15)20-19(22(27)23(28)25(20)16-3-1-2-4-16)21(26)14-7-10-17-18(11-14)30-12-29-17/h5-11,16,20,26H,1-4,12H2/b21-19-. The van der Waals surface area contributed by atoms with Gasteiger partial charge in [0.1, 0.15) is 11.6 Å². The molecule has 5 rings (SSSR count). The predicted molar refractivity (Wildman–Crippen MR) is 105 cm³/mol. The maximum absolute atomic E-state index is 13.5. The van der Waals surface area contributed by atoms with Crippen LogP contribution in [0, 0.1) is 5.82 Å². The monoisotopic (exact) mass is 409 g/mol. The third-order valence-corrected chi connectivity index (χ3v) is 6.03. The summed E-state index contributed by atoms with van der Waals surface area (Å²) in [7, 11) is 0. The summed E-state index contributed by atoms with van der Waals surface area (Å²) in [5.74, 6) is -1.03. The zero-order chi connectivity index (χ0) is 20.8. The summed E-state index contributed by atoms with van der Waals surface area (Å²) in [6.45, 7) is 0.0845. The van der Waals surface area contributed by atoms with Crippen molar-refractivity contribution in [1.82, 2.24) is 4.90 Å². The van der Waals surface area contributed by atoms with Crippen LogP contribution in [0.4, 0.5) is 4.39 Å². The van der Waals surface area contributed by atoms with Crippen LogP contribution < -0.4 is 9.47 Å². The van der Waals surface area contributed by atoms with E-state index in [1.807, 2.05) is 0 Å². The van der Waals surface area contributed by atoms with Gasteiger partial charge in [-0.25, -0.2) is 4.39 Å². The number of benzene rings is 2. The van der Waals surface area contributed by atoms with Crippen molar-refractivity contribution in [1.29, 1.82) is 0 Å². The Morgan fingerprint density at radius 3 is 2.43 bits per heavy atom. The number of ether oxygens (including phenoxy) is 2. The van der Waals surface area contributed by atoms with Crippen LogP contribution >= 0.6 is 0 Å². The fourth-order valence-corrected chi connectivity index (χ4v) is 4.58. The molecule has 3 aliphatic rings. The van der Waals surface area contributed by atoms with Crippen LogP contribution in [-0.2, 0) is 9.59 Å². The SMILES string of the molecule is O=C1C(=O)N(C2CCCC2)C(c2ccc(F)cc2)/C1=C(/O)c1ccc2c(c1)OCO2. The first-order valence-electron chi connectivity index (χ1n) is 10.00. The number of rotatable bonds is 3. The molecule has 0 radical (unpaired) electrons. The van der Waals surface area contributed by atoms with E-state index in [2.05, 4.69) is 0 Å². The van der Waals surface area contributed by atoms with Crippen molar-refractivity contribution >= 4 is 17.4 Å². The number of carbonyl (C=O) groups excluding carboxylic acids is 2. The van der Waals surface area contributed by atoms with Gasteiger partial charge in [-0.2, -0.15) is 0 Å². The number of amides is 1. The lowest BCUT2D eigenvalue weighted by Gasteiger charge is -2.30. The lowest BCUT2D eigenvalue weighted by Crippen LogP contribution is -2.37. The molecular formula is C23H20FNO5. The fourth-order valence-electron chi connectivity index (χ4n) is 4.58. The average Bonchev–Trinajstić information content (AvgIpc) is 3.48. The minimum atomic E-state index is -0.765. The van der Waals surface area contributed by atoms with Crippen molar-refractivity contribution in [3.63, 3.8) is 0 Å². The normalized spacial score (nSPS) is 22.8. The van der Waals surface area contributed by atoms with E-state index < -0.39 is 23.5 Å². The summed E-state index contributed by atoms with van der Waals surface area (Å²) in [5.41, 5.74) is 0.956. The molecule has 0 bridgehead atoms. The van der Waals surface area contributed by atoms with Gasteiger partial charge in [0, 0.05) is 11.6 Å². The summed E-state index contributed by atoms with van der Waals surface area (Å²) in [4.78, 5) is 27.6. The molecule has 1 aliphatic carbocycles. The number of hydrogen-bond acceptors (Lipinski definition) is 5. The van der Waals surface area contributed by atoms with Crippen LogP contribution in [-0.4, -0.2) is 34.5 Å². The smallest absolute Gasteiger partial charge is 0.295 e. The number of halogens is 1. The van der Waals surface area contributed by atoms with E-state index in [1.165, 1.54) is 12.1 Å². The molecule has 154 valence electrons. The Morgan fingerprint density at radius 2 is 1.70 bits per heavy atom. The quantitative estimate of drug-likeness (QED) is 0.472. The van der Waals surface area contributed by atoms with Gasteiger partial charge in [-0.1, -0.05) is 25.0 Å². The molecule has 2 aromatic rings. The van der Waals surface area contributed by atoms with Gasteiger partial charge < -0.3 is 19.5 Å². The second-order valence-corrected chi connectivity index (χ2v) is 7.76. The predicted octanol–water partition coefficient (Wildman–Crippen LogP) is 3.92. The fraction of sp³-hybridized carbons (Fsp3) is 0.304. The first kappa shape index (κ1) is 18.7. The van der Waals surface area contributed by atoms with E-state index in [0.29, 0.717) is 22.6 Å². The van der Waals surface area contributed by atoms with Crippen LogP contribution in [0.15, 0.2) is 48.0 Å². The van der Waals surface area contributed by atoms with E-state index in [0.717, 1.165) is 25.7 Å². The highest BCUT2D eigenvalue weighted by Gasteiger charge is 2.49. The minimum Gasteiger partial charge on any atom is -0.507 e. The first-order valence-corrected chi connectivity index (χ1v) is 10.00. The highest BCUT2D eigenvalue weighted by molar-refractivity contribution is 6.46. The highest BCUT2D eigenvalue weighted by Crippen LogP contribution is 2.44. The molecule has 6 nitrogen and oxygen atoms in total. The molecule has 1 saturated carbocycles. The maximum Gasteiger partial charge on any atom is 0.295 e. The second kappa shape index (κ2) is 7.16. The van der Waals surface area contributed by atoms with Crippen molar-refractivity contribution in [3.8, 4) is 11.5 Å². The topological polar surface area (TPSA) is 76.1 Å². The largest absolute Gasteiger partial charge is 0.507 e. The minimum absolute atomic E-state index is 0.0115. The molecule has 2 fully saturated rings. The molecule has 1 atom stereocenters. The summed E-state index contributed by atoms with van der Waals surface area (Å²) in [6, 6.07) is 9.71. The summed E-state index contributed by atoms with van der Waals surface area (Å²) in [6.07, 6.45) is 3.56. The molecular weight excluding hydrogens is 389 g/mol. The Morgan fingerprint density at radius 1 is 1.00 bits per heavy atom. The molecule has 30 heavy (non-hydrogen) atoms. The van der Waals surface area contributed by atoms with E-state index in [9.17, 15) is 19.1 Å². The molecule has 1 saturated heterocycles. The van der Waals surface area contributed by atoms with Gasteiger partial charge in [0.05, 0.1) is 11.6 Å². The third kappa shape index (κ3) is 2.93. The molecule has 2 heterocycles. The van der Waals surface area contributed by atoms with Gasteiger partial charge >= 0.3 is 0 Å². The van der Waals surface area contributed by atoms with Gasteiger partial charge in [-0.15, -0.1) is 0 Å². The number of carbonyl (C=O) groups is 2. The van der Waals surface area contributed by atoms with Crippen LogP contribution in [0.25, 0.3) is 5.76 Å². The number of hydrogen-bond donors (Lipinski definition) is 1. The van der Waals surface area contributed by atoms with Crippen LogP contribution in [0.5, 0.6) is 11.5 Å². The molecule has 0 aromatic heterocycles. The molecule has 2 aliphatic heterocycles. The van der Waals surface area contributed by atoms with Crippen molar-refractivity contribution in [2.75, 3.05) is 6.79 Å². The average molecular weight is 409 g/mol. The van der Waals surface area contributed by atoms with E-state index in [4.69, 9.17) is 9.47 Å². The first-order chi connectivity index (χ1) is 14.5. The Hall–Kier alpha value is -3.35. The number of aliphatic hydroxyl groups is 1. The summed E-state index contributed by atoms with van der Waals surface area (Å²) >= 11 is 0. The van der Waals surface area contributed by atoms with Gasteiger partial charge in [0.2, 0.25) is 6.79 Å². The number of aliphatic hydroxyl groups excluding tert-OH is 1. The maximum atomic E-state index is 13.5. The second-order valence-electron chi connectivity index (χ2n) is 7.76. The Balaban J connectivity index is 1.65. The number of ketones is 1. The summed E-state index contributed by atoms with van der Waals surface area (Å²) in [5, 5.41) is 11.1. The van der Waals surface area contributed by atoms with Crippen molar-refractivity contribution < 1.29 is 28.6 Å². The van der Waals surface area contributed by atoms with Gasteiger partial charge in [0.15, 0.2) is 11.5 Å². The molecule has 1 amide bonds. The van der Waals surface area contributed by atoms with Crippen molar-refractivity contribution in [3.05, 3.63) is 65.0 Å². The zero-order valence-electron chi connectivity index (χ0n) is 16.1. The third-order valence-electron chi connectivity index (χ3n) is 6.03. The van der Waals surface area contributed by atoms with Crippen molar-refractivity contribution in [2.24, 2.45) is 0 Å². The van der Waals surface area contributed by atoms with Crippen LogP contribution in [0.2, 0.25) is 0 Å².